The number of nitrogens with one attached hydrogen (secondary N) is 1. The van der Waals surface area contributed by atoms with Gasteiger partial charge in [0, 0.05) is 0 Å². The van der Waals surface area contributed by atoms with Gasteiger partial charge in [0.2, 0.25) is 0 Å². The molecule has 0 saturated carbocycles. The van der Waals surface area contributed by atoms with Crippen molar-refractivity contribution in [2.45, 2.75) is 25.5 Å². The summed E-state index contributed by atoms with van der Waals surface area (Å²) in [5.74, 6) is 0.794. The van der Waals surface area contributed by atoms with Crippen molar-refractivity contribution in [3.05, 3.63) is 22.7 Å². The van der Waals surface area contributed by atoms with E-state index in [0.717, 1.165) is 28.6 Å². The average Bonchev–Trinajstić information content (AvgIpc) is 2.28. The van der Waals surface area contributed by atoms with E-state index in [1.54, 1.807) is 0 Å². The van der Waals surface area contributed by atoms with Gasteiger partial charge in [-0.25, -0.2) is 0 Å². The van der Waals surface area contributed by atoms with E-state index < -0.39 is 0 Å². The van der Waals surface area contributed by atoms with Crippen molar-refractivity contribution >= 4 is 27.9 Å². The van der Waals surface area contributed by atoms with Crippen LogP contribution < -0.4 is 10.1 Å². The number of hydrogen-bond acceptors (Lipinski definition) is 3. The summed E-state index contributed by atoms with van der Waals surface area (Å²) in [5.41, 5.74) is 0.867. The number of aldehydes is 1. The van der Waals surface area contributed by atoms with Crippen molar-refractivity contribution in [1.82, 2.24) is 0 Å². The molecule has 2 unspecified atom stereocenters. The molecule has 1 heterocycles. The number of hydrogen-bond donors (Lipinski definition) is 1. The maximum Gasteiger partial charge on any atom is 0.157 e. The van der Waals surface area contributed by atoms with E-state index in [1.165, 1.54) is 0 Å². The van der Waals surface area contributed by atoms with Crippen molar-refractivity contribution in [3.8, 4) is 5.75 Å². The van der Waals surface area contributed by atoms with Crippen LogP contribution in [0.15, 0.2) is 22.7 Å². The topological polar surface area (TPSA) is 38.3 Å². The molecule has 1 aromatic carbocycles. The van der Waals surface area contributed by atoms with E-state index in [4.69, 9.17) is 4.74 Å². The summed E-state index contributed by atoms with van der Waals surface area (Å²) < 4.78 is 6.69. The van der Waals surface area contributed by atoms with Gasteiger partial charge in [-0.05, 0) is 34.5 Å². The largest absolute Gasteiger partial charge is 0.484 e. The predicted molar refractivity (Wildman–Crippen MR) is 62.3 cm³/mol. The molecule has 2 atom stereocenters. The van der Waals surface area contributed by atoms with Crippen LogP contribution >= 0.6 is 15.9 Å². The molecule has 1 aliphatic rings. The van der Waals surface area contributed by atoms with Crippen molar-refractivity contribution in [2.75, 3.05) is 5.32 Å². The molecule has 1 aliphatic heterocycles. The highest BCUT2D eigenvalue weighted by Crippen LogP contribution is 2.37. The number of para-hydroxylation sites is 1. The van der Waals surface area contributed by atoms with Gasteiger partial charge in [-0.2, -0.15) is 0 Å². The van der Waals surface area contributed by atoms with Crippen LogP contribution in [0.4, 0.5) is 5.69 Å². The molecule has 2 rings (SSSR count). The fraction of sp³-hybridized carbons (Fsp3) is 0.364. The van der Waals surface area contributed by atoms with Crippen LogP contribution in [-0.2, 0) is 4.79 Å². The molecular weight excluding hydrogens is 258 g/mol. The Balaban J connectivity index is 2.37. The molecule has 0 bridgehead atoms. The van der Waals surface area contributed by atoms with Gasteiger partial charge in [0.15, 0.2) is 5.75 Å². The van der Waals surface area contributed by atoms with Crippen molar-refractivity contribution in [2.24, 2.45) is 0 Å². The summed E-state index contributed by atoms with van der Waals surface area (Å²) in [6.07, 6.45) is 1.61. The summed E-state index contributed by atoms with van der Waals surface area (Å²) in [6.45, 7) is 2.00. The van der Waals surface area contributed by atoms with Crippen molar-refractivity contribution in [3.63, 3.8) is 0 Å². The predicted octanol–water partition coefficient (Wildman–Crippen LogP) is 2.60. The van der Waals surface area contributed by atoms with E-state index in [0.29, 0.717) is 0 Å². The van der Waals surface area contributed by atoms with Gasteiger partial charge in [-0.15, -0.1) is 0 Å². The number of carbonyl (C=O) groups excluding carboxylic acids is 1. The number of rotatable bonds is 2. The molecule has 0 aromatic heterocycles. The molecule has 1 aromatic rings. The normalized spacial score (nSPS) is 23.6. The number of benzene rings is 1. The first-order valence-corrected chi connectivity index (χ1v) is 5.72. The molecule has 3 nitrogen and oxygen atoms in total. The summed E-state index contributed by atoms with van der Waals surface area (Å²) in [7, 11) is 0. The van der Waals surface area contributed by atoms with Crippen molar-refractivity contribution in [1.29, 1.82) is 0 Å². The second kappa shape index (κ2) is 4.23. The second-order valence-electron chi connectivity index (χ2n) is 3.49. The van der Waals surface area contributed by atoms with Crippen LogP contribution in [-0.4, -0.2) is 18.4 Å². The fourth-order valence-corrected chi connectivity index (χ4v) is 2.16. The third-order valence-electron chi connectivity index (χ3n) is 2.51. The number of ether oxygens (including phenoxy) is 1. The summed E-state index contributed by atoms with van der Waals surface area (Å²) in [6, 6.07) is 5.49. The van der Waals surface area contributed by atoms with Gasteiger partial charge < -0.3 is 14.8 Å². The lowest BCUT2D eigenvalue weighted by Crippen LogP contribution is -2.42. The third-order valence-corrected chi connectivity index (χ3v) is 3.13. The summed E-state index contributed by atoms with van der Waals surface area (Å²) >= 11 is 3.43. The lowest BCUT2D eigenvalue weighted by molar-refractivity contribution is -0.110. The van der Waals surface area contributed by atoms with Gasteiger partial charge in [-0.1, -0.05) is 13.0 Å². The fourth-order valence-electron chi connectivity index (χ4n) is 1.70. The Labute approximate surface area is 96.9 Å². The first-order chi connectivity index (χ1) is 7.26. The smallest absolute Gasteiger partial charge is 0.157 e. The molecule has 0 spiro atoms. The standard InChI is InChI=1S/C11H12BrNO2/c1-2-10-9(6-14)13-8-5-3-4-7(12)11(8)15-10/h3-6,9-10,13H,2H2,1H3. The lowest BCUT2D eigenvalue weighted by atomic mass is 10.1. The van der Waals surface area contributed by atoms with E-state index in [-0.39, 0.29) is 12.1 Å². The molecular formula is C11H12BrNO2. The lowest BCUT2D eigenvalue weighted by Gasteiger charge is -2.32. The van der Waals surface area contributed by atoms with Gasteiger partial charge in [0.25, 0.3) is 0 Å². The number of carbonyl (C=O) groups is 1. The minimum absolute atomic E-state index is 0.0892. The van der Waals surface area contributed by atoms with Gasteiger partial charge in [-0.3, -0.25) is 0 Å². The quantitative estimate of drug-likeness (QED) is 0.839. The summed E-state index contributed by atoms with van der Waals surface area (Å²) in [4.78, 5) is 10.9. The Morgan fingerprint density at radius 3 is 3.07 bits per heavy atom. The average molecular weight is 270 g/mol. The van der Waals surface area contributed by atoms with Crippen LogP contribution in [0.3, 0.4) is 0 Å². The first-order valence-electron chi connectivity index (χ1n) is 4.93. The molecule has 0 fully saturated rings. The Bertz CT molecular complexity index is 381. The zero-order valence-electron chi connectivity index (χ0n) is 8.37. The first kappa shape index (κ1) is 10.5. The summed E-state index contributed by atoms with van der Waals surface area (Å²) in [5, 5.41) is 3.17. The zero-order chi connectivity index (χ0) is 10.8. The minimum atomic E-state index is -0.253. The van der Waals surface area contributed by atoms with Crippen LogP contribution in [0.1, 0.15) is 13.3 Å². The third kappa shape index (κ3) is 1.86. The van der Waals surface area contributed by atoms with Gasteiger partial charge >= 0.3 is 0 Å². The monoisotopic (exact) mass is 269 g/mol. The zero-order valence-corrected chi connectivity index (χ0v) is 9.95. The van der Waals surface area contributed by atoms with Crippen LogP contribution in [0, 0.1) is 0 Å². The minimum Gasteiger partial charge on any atom is -0.484 e. The highest BCUT2D eigenvalue weighted by molar-refractivity contribution is 9.10. The van der Waals surface area contributed by atoms with E-state index in [9.17, 15) is 4.79 Å². The van der Waals surface area contributed by atoms with Crippen LogP contribution in [0.2, 0.25) is 0 Å². The maximum absolute atomic E-state index is 10.9. The second-order valence-corrected chi connectivity index (χ2v) is 4.34. The number of halogens is 1. The number of fused-ring (bicyclic) bond motifs is 1. The molecule has 4 heteroatoms. The van der Waals surface area contributed by atoms with Crippen LogP contribution in [0.5, 0.6) is 5.75 Å². The molecule has 0 radical (unpaired) electrons. The number of anilines is 1. The molecule has 0 aliphatic carbocycles. The maximum atomic E-state index is 10.9. The molecule has 15 heavy (non-hydrogen) atoms. The molecule has 80 valence electrons. The SMILES string of the molecule is CCC1Oc2c(Br)cccc2NC1C=O. The molecule has 0 saturated heterocycles. The molecule has 0 amide bonds. The van der Waals surface area contributed by atoms with E-state index >= 15 is 0 Å². The van der Waals surface area contributed by atoms with Crippen LogP contribution in [0.25, 0.3) is 0 Å². The Hall–Kier alpha value is -1.03. The van der Waals surface area contributed by atoms with E-state index in [1.807, 2.05) is 25.1 Å². The molecule has 1 N–H and O–H groups in total. The Kier molecular flexibility index (Phi) is 2.95. The van der Waals surface area contributed by atoms with E-state index in [2.05, 4.69) is 21.2 Å². The highest BCUT2D eigenvalue weighted by atomic mass is 79.9. The Morgan fingerprint density at radius 2 is 2.40 bits per heavy atom. The highest BCUT2D eigenvalue weighted by Gasteiger charge is 2.28. The van der Waals surface area contributed by atoms with Crippen molar-refractivity contribution < 1.29 is 9.53 Å². The van der Waals surface area contributed by atoms with Gasteiger partial charge in [0.1, 0.15) is 18.4 Å². The Morgan fingerprint density at radius 1 is 1.60 bits per heavy atom. The van der Waals surface area contributed by atoms with Gasteiger partial charge in [0.05, 0.1) is 10.2 Å².